The largest absolute Gasteiger partial charge is 0.492 e. The molecule has 1 aromatic heterocycles. The second-order valence-corrected chi connectivity index (χ2v) is 5.63. The summed E-state index contributed by atoms with van der Waals surface area (Å²) in [4.78, 5) is 16.0. The Bertz CT molecular complexity index is 945. The number of urea groups is 1. The molecule has 2 N–H and O–H groups in total. The number of amides is 2. The zero-order chi connectivity index (χ0) is 19.3. The van der Waals surface area contributed by atoms with Crippen molar-refractivity contribution in [1.82, 2.24) is 10.3 Å². The summed E-state index contributed by atoms with van der Waals surface area (Å²) in [5, 5.41) is 5.59. The van der Waals surface area contributed by atoms with Crippen LogP contribution in [-0.2, 0) is 6.18 Å². The van der Waals surface area contributed by atoms with E-state index in [2.05, 4.69) is 15.6 Å². The molecule has 0 saturated heterocycles. The Labute approximate surface area is 153 Å². The van der Waals surface area contributed by atoms with E-state index in [-0.39, 0.29) is 18.8 Å². The smallest absolute Gasteiger partial charge is 0.418 e. The Balaban J connectivity index is 1.50. The van der Waals surface area contributed by atoms with Crippen LogP contribution in [0.1, 0.15) is 5.56 Å². The van der Waals surface area contributed by atoms with Crippen LogP contribution in [0.25, 0.3) is 10.9 Å². The monoisotopic (exact) mass is 375 g/mol. The lowest BCUT2D eigenvalue weighted by atomic mass is 10.1. The lowest BCUT2D eigenvalue weighted by molar-refractivity contribution is -0.136. The van der Waals surface area contributed by atoms with Gasteiger partial charge in [0.1, 0.15) is 12.4 Å². The fraction of sp³-hybridized carbons (Fsp3) is 0.158. The minimum Gasteiger partial charge on any atom is -0.492 e. The van der Waals surface area contributed by atoms with Gasteiger partial charge in [0.2, 0.25) is 0 Å². The van der Waals surface area contributed by atoms with Crippen molar-refractivity contribution in [2.45, 2.75) is 6.18 Å². The highest BCUT2D eigenvalue weighted by Gasteiger charge is 2.33. The topological polar surface area (TPSA) is 63.2 Å². The van der Waals surface area contributed by atoms with E-state index >= 15 is 0 Å². The Morgan fingerprint density at radius 1 is 1.07 bits per heavy atom. The molecule has 0 unspecified atom stereocenters. The zero-order valence-corrected chi connectivity index (χ0v) is 14.1. The number of para-hydroxylation sites is 1. The number of halogens is 3. The molecular formula is C19H16F3N3O2. The molecule has 3 aromatic rings. The van der Waals surface area contributed by atoms with Crippen LogP contribution in [0, 0.1) is 0 Å². The number of carbonyl (C=O) groups is 1. The molecule has 8 heteroatoms. The molecule has 0 fully saturated rings. The van der Waals surface area contributed by atoms with Crippen LogP contribution in [0.3, 0.4) is 0 Å². The van der Waals surface area contributed by atoms with E-state index in [1.807, 2.05) is 24.3 Å². The molecule has 3 rings (SSSR count). The van der Waals surface area contributed by atoms with Gasteiger partial charge in [0, 0.05) is 11.6 Å². The number of ether oxygens (including phenoxy) is 1. The maximum absolute atomic E-state index is 12.9. The van der Waals surface area contributed by atoms with Crippen molar-refractivity contribution in [2.75, 3.05) is 18.5 Å². The molecule has 5 nitrogen and oxygen atoms in total. The maximum atomic E-state index is 12.9. The van der Waals surface area contributed by atoms with Gasteiger partial charge in [-0.05, 0) is 36.4 Å². The molecule has 0 atom stereocenters. The number of hydrogen-bond donors (Lipinski definition) is 2. The number of aromatic nitrogens is 1. The van der Waals surface area contributed by atoms with Gasteiger partial charge in [-0.15, -0.1) is 0 Å². The summed E-state index contributed by atoms with van der Waals surface area (Å²) in [6.45, 7) is 0.297. The van der Waals surface area contributed by atoms with Gasteiger partial charge in [0.25, 0.3) is 0 Å². The first kappa shape index (κ1) is 18.5. The Morgan fingerprint density at radius 2 is 1.89 bits per heavy atom. The molecule has 0 radical (unpaired) electrons. The van der Waals surface area contributed by atoms with Crippen molar-refractivity contribution in [1.29, 1.82) is 0 Å². The van der Waals surface area contributed by atoms with Crippen LogP contribution in [0.15, 0.2) is 60.8 Å². The lowest BCUT2D eigenvalue weighted by Crippen LogP contribution is -2.32. The van der Waals surface area contributed by atoms with E-state index in [1.54, 1.807) is 12.3 Å². The van der Waals surface area contributed by atoms with Gasteiger partial charge in [-0.2, -0.15) is 13.2 Å². The van der Waals surface area contributed by atoms with Gasteiger partial charge in [0.15, 0.2) is 0 Å². The van der Waals surface area contributed by atoms with Gasteiger partial charge >= 0.3 is 12.2 Å². The van der Waals surface area contributed by atoms with Crippen molar-refractivity contribution < 1.29 is 22.7 Å². The lowest BCUT2D eigenvalue weighted by Gasteiger charge is -2.14. The van der Waals surface area contributed by atoms with Crippen molar-refractivity contribution in [3.05, 3.63) is 66.4 Å². The number of anilines is 1. The summed E-state index contributed by atoms with van der Waals surface area (Å²) >= 11 is 0. The van der Waals surface area contributed by atoms with Crippen molar-refractivity contribution in [3.63, 3.8) is 0 Å². The van der Waals surface area contributed by atoms with Crippen LogP contribution in [0.2, 0.25) is 0 Å². The fourth-order valence-corrected chi connectivity index (χ4v) is 2.48. The van der Waals surface area contributed by atoms with Crippen LogP contribution in [-0.4, -0.2) is 24.2 Å². The van der Waals surface area contributed by atoms with Crippen LogP contribution >= 0.6 is 0 Å². The number of fused-ring (bicyclic) bond motifs is 1. The number of hydrogen-bond acceptors (Lipinski definition) is 3. The Hall–Kier alpha value is -3.29. The molecule has 0 aliphatic rings. The molecule has 0 saturated carbocycles. The third-order valence-corrected chi connectivity index (χ3v) is 3.71. The van der Waals surface area contributed by atoms with E-state index in [0.29, 0.717) is 5.75 Å². The highest BCUT2D eigenvalue weighted by molar-refractivity contribution is 5.90. The summed E-state index contributed by atoms with van der Waals surface area (Å²) in [6, 6.07) is 13.2. The number of benzene rings is 2. The molecule has 0 aliphatic heterocycles. The summed E-state index contributed by atoms with van der Waals surface area (Å²) in [5.74, 6) is 0.611. The van der Waals surface area contributed by atoms with Gasteiger partial charge in [-0.3, -0.25) is 4.98 Å². The molecule has 27 heavy (non-hydrogen) atoms. The number of carbonyl (C=O) groups excluding carboxylic acids is 1. The predicted molar refractivity (Wildman–Crippen MR) is 95.7 cm³/mol. The summed E-state index contributed by atoms with van der Waals surface area (Å²) in [7, 11) is 0. The normalized spacial score (nSPS) is 11.2. The van der Waals surface area contributed by atoms with E-state index in [4.69, 9.17) is 4.74 Å². The minimum absolute atomic E-state index is 0.130. The standard InChI is InChI=1S/C19H16F3N3O2/c20-19(21,22)15-5-1-2-6-17(15)25-18(26)24-10-11-27-14-7-8-16-13(12-14)4-3-9-23-16/h1-9,12H,10-11H2,(H2,24,25,26). The minimum atomic E-state index is -4.54. The SMILES string of the molecule is O=C(NCCOc1ccc2ncccc2c1)Nc1ccccc1C(F)(F)F. The van der Waals surface area contributed by atoms with Crippen molar-refractivity contribution in [3.8, 4) is 5.75 Å². The molecule has 1 heterocycles. The highest BCUT2D eigenvalue weighted by Crippen LogP contribution is 2.34. The van der Waals surface area contributed by atoms with Gasteiger partial charge in [-0.1, -0.05) is 18.2 Å². The summed E-state index contributed by atoms with van der Waals surface area (Å²) < 4.78 is 44.3. The molecule has 2 aromatic carbocycles. The number of nitrogens with zero attached hydrogens (tertiary/aromatic N) is 1. The third-order valence-electron chi connectivity index (χ3n) is 3.71. The maximum Gasteiger partial charge on any atom is 0.418 e. The predicted octanol–water partition coefficient (Wildman–Crippen LogP) is 4.45. The van der Waals surface area contributed by atoms with Gasteiger partial charge < -0.3 is 15.4 Å². The quantitative estimate of drug-likeness (QED) is 0.648. The number of pyridine rings is 1. The van der Waals surface area contributed by atoms with Gasteiger partial charge in [-0.25, -0.2) is 4.79 Å². The van der Waals surface area contributed by atoms with Crippen LogP contribution in [0.4, 0.5) is 23.7 Å². The van der Waals surface area contributed by atoms with E-state index in [1.165, 1.54) is 18.2 Å². The number of nitrogens with one attached hydrogen (secondary N) is 2. The Morgan fingerprint density at radius 3 is 2.70 bits per heavy atom. The number of alkyl halides is 3. The third kappa shape index (κ3) is 4.87. The van der Waals surface area contributed by atoms with E-state index in [0.717, 1.165) is 17.0 Å². The van der Waals surface area contributed by atoms with Gasteiger partial charge in [0.05, 0.1) is 23.3 Å². The van der Waals surface area contributed by atoms with E-state index in [9.17, 15) is 18.0 Å². The fourth-order valence-electron chi connectivity index (χ4n) is 2.48. The zero-order valence-electron chi connectivity index (χ0n) is 14.1. The summed E-state index contributed by atoms with van der Waals surface area (Å²) in [5.41, 5.74) is -0.364. The van der Waals surface area contributed by atoms with Crippen LogP contribution in [0.5, 0.6) is 5.75 Å². The molecule has 0 spiro atoms. The first-order chi connectivity index (χ1) is 12.9. The summed E-state index contributed by atoms with van der Waals surface area (Å²) in [6.07, 6.45) is -2.85. The molecule has 2 amide bonds. The number of rotatable bonds is 5. The average Bonchev–Trinajstić information content (AvgIpc) is 2.65. The Kier molecular flexibility index (Phi) is 5.44. The molecular weight excluding hydrogens is 359 g/mol. The van der Waals surface area contributed by atoms with E-state index < -0.39 is 17.8 Å². The first-order valence-electron chi connectivity index (χ1n) is 8.12. The first-order valence-corrected chi connectivity index (χ1v) is 8.12. The average molecular weight is 375 g/mol. The second kappa shape index (κ2) is 7.94. The van der Waals surface area contributed by atoms with Crippen molar-refractivity contribution >= 4 is 22.6 Å². The highest BCUT2D eigenvalue weighted by atomic mass is 19.4. The van der Waals surface area contributed by atoms with Crippen LogP contribution < -0.4 is 15.4 Å². The molecule has 140 valence electrons. The molecule has 0 bridgehead atoms. The molecule has 0 aliphatic carbocycles. The second-order valence-electron chi connectivity index (χ2n) is 5.63. The van der Waals surface area contributed by atoms with Crippen molar-refractivity contribution in [2.24, 2.45) is 0 Å².